The highest BCUT2D eigenvalue weighted by Crippen LogP contribution is 2.22. The average molecular weight is 312 g/mol. The van der Waals surface area contributed by atoms with E-state index in [4.69, 9.17) is 4.74 Å². The molecule has 0 saturated heterocycles. The standard InChI is InChI=1S/C19H24N2O2/c1-14-5-7-15(8-6-14)19(2,3)13-20-18(22)21-16-9-11-17(23-4)12-10-16/h5-12H,13H2,1-4H3,(H2,20,21,22). The molecule has 0 aliphatic heterocycles. The highest BCUT2D eigenvalue weighted by molar-refractivity contribution is 5.89. The van der Waals surface area contributed by atoms with E-state index in [9.17, 15) is 4.79 Å². The van der Waals surface area contributed by atoms with Crippen molar-refractivity contribution >= 4 is 11.7 Å². The lowest BCUT2D eigenvalue weighted by Gasteiger charge is -2.26. The Labute approximate surface area is 137 Å². The SMILES string of the molecule is COc1ccc(NC(=O)NCC(C)(C)c2ccc(C)cc2)cc1. The number of hydrogen-bond acceptors (Lipinski definition) is 2. The Morgan fingerprint density at radius 3 is 2.22 bits per heavy atom. The normalized spacial score (nSPS) is 11.0. The van der Waals surface area contributed by atoms with Crippen LogP contribution in [0.1, 0.15) is 25.0 Å². The molecule has 0 unspecified atom stereocenters. The van der Waals surface area contributed by atoms with Gasteiger partial charge in [0.1, 0.15) is 5.75 Å². The summed E-state index contributed by atoms with van der Waals surface area (Å²) in [6, 6.07) is 15.4. The molecule has 122 valence electrons. The first kappa shape index (κ1) is 16.9. The van der Waals surface area contributed by atoms with Gasteiger partial charge >= 0.3 is 6.03 Å². The number of rotatable bonds is 5. The topological polar surface area (TPSA) is 50.4 Å². The van der Waals surface area contributed by atoms with E-state index in [1.54, 1.807) is 7.11 Å². The third kappa shape index (κ3) is 4.74. The van der Waals surface area contributed by atoms with Crippen LogP contribution in [0.25, 0.3) is 0 Å². The lowest BCUT2D eigenvalue weighted by molar-refractivity contribution is 0.249. The van der Waals surface area contributed by atoms with Crippen molar-refractivity contribution in [3.05, 3.63) is 59.7 Å². The van der Waals surface area contributed by atoms with Crippen LogP contribution in [-0.4, -0.2) is 19.7 Å². The lowest BCUT2D eigenvalue weighted by Crippen LogP contribution is -2.38. The Morgan fingerprint density at radius 2 is 1.65 bits per heavy atom. The van der Waals surface area contributed by atoms with E-state index in [-0.39, 0.29) is 11.4 Å². The molecule has 0 radical (unpaired) electrons. The van der Waals surface area contributed by atoms with Crippen molar-refractivity contribution in [1.82, 2.24) is 5.32 Å². The van der Waals surface area contributed by atoms with Crippen LogP contribution in [0.5, 0.6) is 5.75 Å². The van der Waals surface area contributed by atoms with Crippen molar-refractivity contribution in [2.75, 3.05) is 19.0 Å². The highest BCUT2D eigenvalue weighted by Gasteiger charge is 2.21. The highest BCUT2D eigenvalue weighted by atomic mass is 16.5. The lowest BCUT2D eigenvalue weighted by atomic mass is 9.84. The van der Waals surface area contributed by atoms with Gasteiger partial charge in [0.15, 0.2) is 0 Å². The van der Waals surface area contributed by atoms with Crippen LogP contribution in [-0.2, 0) is 5.41 Å². The quantitative estimate of drug-likeness (QED) is 0.873. The summed E-state index contributed by atoms with van der Waals surface area (Å²) in [6.45, 7) is 6.85. The van der Waals surface area contributed by atoms with Crippen LogP contribution in [0.4, 0.5) is 10.5 Å². The summed E-state index contributed by atoms with van der Waals surface area (Å²) in [7, 11) is 1.61. The second-order valence-corrected chi connectivity index (χ2v) is 6.29. The zero-order valence-corrected chi connectivity index (χ0v) is 14.1. The fourth-order valence-corrected chi connectivity index (χ4v) is 2.26. The van der Waals surface area contributed by atoms with Gasteiger partial charge in [-0.1, -0.05) is 43.7 Å². The first-order chi connectivity index (χ1) is 10.9. The molecule has 0 saturated carbocycles. The summed E-state index contributed by atoms with van der Waals surface area (Å²) in [5.41, 5.74) is 3.03. The predicted molar refractivity (Wildman–Crippen MR) is 94.2 cm³/mol. The number of ether oxygens (including phenoxy) is 1. The van der Waals surface area contributed by atoms with Gasteiger partial charge in [0.2, 0.25) is 0 Å². The van der Waals surface area contributed by atoms with Crippen molar-refractivity contribution in [3.8, 4) is 5.75 Å². The average Bonchev–Trinajstić information content (AvgIpc) is 2.54. The van der Waals surface area contributed by atoms with E-state index in [2.05, 4.69) is 55.7 Å². The zero-order valence-electron chi connectivity index (χ0n) is 14.1. The van der Waals surface area contributed by atoms with Crippen molar-refractivity contribution in [3.63, 3.8) is 0 Å². The van der Waals surface area contributed by atoms with Gasteiger partial charge < -0.3 is 15.4 Å². The molecule has 0 spiro atoms. The Balaban J connectivity index is 1.90. The minimum atomic E-state index is -0.213. The van der Waals surface area contributed by atoms with Gasteiger partial charge in [0, 0.05) is 17.6 Å². The first-order valence-electron chi connectivity index (χ1n) is 7.67. The van der Waals surface area contributed by atoms with Crippen molar-refractivity contribution in [2.45, 2.75) is 26.2 Å². The summed E-state index contributed by atoms with van der Waals surface area (Å²) < 4.78 is 5.10. The molecule has 4 nitrogen and oxygen atoms in total. The molecular formula is C19H24N2O2. The molecule has 2 N–H and O–H groups in total. The van der Waals surface area contributed by atoms with Crippen molar-refractivity contribution in [1.29, 1.82) is 0 Å². The third-order valence-electron chi connectivity index (χ3n) is 3.87. The third-order valence-corrected chi connectivity index (χ3v) is 3.87. The molecule has 23 heavy (non-hydrogen) atoms. The van der Waals surface area contributed by atoms with Crippen molar-refractivity contribution < 1.29 is 9.53 Å². The van der Waals surface area contributed by atoms with Gasteiger partial charge in [-0.25, -0.2) is 4.79 Å². The second-order valence-electron chi connectivity index (χ2n) is 6.29. The summed E-state index contributed by atoms with van der Waals surface area (Å²) >= 11 is 0. The Hall–Kier alpha value is -2.49. The van der Waals surface area contributed by atoms with Gasteiger partial charge in [-0.2, -0.15) is 0 Å². The predicted octanol–water partition coefficient (Wildman–Crippen LogP) is 4.10. The first-order valence-corrected chi connectivity index (χ1v) is 7.67. The van der Waals surface area contributed by atoms with Gasteiger partial charge in [-0.3, -0.25) is 0 Å². The molecule has 0 bridgehead atoms. The van der Waals surface area contributed by atoms with E-state index in [0.29, 0.717) is 6.54 Å². The molecule has 0 aliphatic rings. The summed E-state index contributed by atoms with van der Waals surface area (Å²) in [4.78, 5) is 12.0. The van der Waals surface area contributed by atoms with Gasteiger partial charge in [0.25, 0.3) is 0 Å². The number of anilines is 1. The monoisotopic (exact) mass is 312 g/mol. The molecule has 2 amide bonds. The maximum absolute atomic E-state index is 12.0. The Kier molecular flexibility index (Phi) is 5.27. The van der Waals surface area contributed by atoms with Crippen LogP contribution in [0.3, 0.4) is 0 Å². The fraction of sp³-hybridized carbons (Fsp3) is 0.316. The van der Waals surface area contributed by atoms with Gasteiger partial charge in [-0.15, -0.1) is 0 Å². The summed E-state index contributed by atoms with van der Waals surface area (Å²) in [5.74, 6) is 0.761. The van der Waals surface area contributed by atoms with E-state index in [1.807, 2.05) is 24.3 Å². The molecular weight excluding hydrogens is 288 g/mol. The number of nitrogens with one attached hydrogen (secondary N) is 2. The number of carbonyl (C=O) groups is 1. The van der Waals surface area contributed by atoms with Gasteiger partial charge in [0.05, 0.1) is 7.11 Å². The molecule has 2 rings (SSSR count). The van der Waals surface area contributed by atoms with Crippen LogP contribution >= 0.6 is 0 Å². The molecule has 4 heteroatoms. The number of carbonyl (C=O) groups excluding carboxylic acids is 1. The van der Waals surface area contributed by atoms with Crippen LogP contribution < -0.4 is 15.4 Å². The van der Waals surface area contributed by atoms with Crippen LogP contribution in [0.15, 0.2) is 48.5 Å². The number of benzene rings is 2. The van der Waals surface area contributed by atoms with Crippen LogP contribution in [0.2, 0.25) is 0 Å². The number of amides is 2. The largest absolute Gasteiger partial charge is 0.497 e. The zero-order chi connectivity index (χ0) is 16.9. The smallest absolute Gasteiger partial charge is 0.319 e. The molecule has 2 aromatic carbocycles. The molecule has 0 fully saturated rings. The number of hydrogen-bond donors (Lipinski definition) is 2. The van der Waals surface area contributed by atoms with E-state index in [0.717, 1.165) is 11.4 Å². The number of aryl methyl sites for hydroxylation is 1. The van der Waals surface area contributed by atoms with Gasteiger partial charge in [-0.05, 0) is 36.8 Å². The minimum Gasteiger partial charge on any atom is -0.497 e. The fourth-order valence-electron chi connectivity index (χ4n) is 2.26. The number of methoxy groups -OCH3 is 1. The summed E-state index contributed by atoms with van der Waals surface area (Å²) in [6.07, 6.45) is 0. The minimum absolute atomic E-state index is 0.134. The Morgan fingerprint density at radius 1 is 1.04 bits per heavy atom. The molecule has 0 aliphatic carbocycles. The molecule has 0 atom stereocenters. The molecule has 2 aromatic rings. The molecule has 0 heterocycles. The molecule has 0 aromatic heterocycles. The van der Waals surface area contributed by atoms with E-state index in [1.165, 1.54) is 11.1 Å². The maximum Gasteiger partial charge on any atom is 0.319 e. The van der Waals surface area contributed by atoms with E-state index >= 15 is 0 Å². The number of urea groups is 1. The van der Waals surface area contributed by atoms with Crippen LogP contribution in [0, 0.1) is 6.92 Å². The maximum atomic E-state index is 12.0. The van der Waals surface area contributed by atoms with Crippen molar-refractivity contribution in [2.24, 2.45) is 0 Å². The second kappa shape index (κ2) is 7.18. The Bertz CT molecular complexity index is 646. The summed E-state index contributed by atoms with van der Waals surface area (Å²) in [5, 5.41) is 5.75. The van der Waals surface area contributed by atoms with E-state index < -0.39 is 0 Å².